The third-order valence-corrected chi connectivity index (χ3v) is 3.85. The second-order valence-electron chi connectivity index (χ2n) is 5.75. The molecule has 1 unspecified atom stereocenters. The van der Waals surface area contributed by atoms with Gasteiger partial charge in [-0.1, -0.05) is 33.1 Å². The molecule has 0 aromatic heterocycles. The lowest BCUT2D eigenvalue weighted by Crippen LogP contribution is -2.16. The van der Waals surface area contributed by atoms with Gasteiger partial charge in [0, 0.05) is 0 Å². The van der Waals surface area contributed by atoms with Crippen molar-refractivity contribution in [3.8, 4) is 11.5 Å². The number of methoxy groups -OCH3 is 1. The zero-order valence-corrected chi connectivity index (χ0v) is 14.9. The molecule has 0 aliphatic carbocycles. The minimum atomic E-state index is -0.449. The number of ether oxygens (including phenoxy) is 3. The van der Waals surface area contributed by atoms with Crippen LogP contribution in [0.15, 0.2) is 24.3 Å². The molecule has 24 heavy (non-hydrogen) atoms. The van der Waals surface area contributed by atoms with E-state index in [9.17, 15) is 9.59 Å². The van der Waals surface area contributed by atoms with Crippen molar-refractivity contribution in [3.63, 3.8) is 0 Å². The predicted octanol–water partition coefficient (Wildman–Crippen LogP) is 4.14. The third-order valence-electron chi connectivity index (χ3n) is 3.85. The summed E-state index contributed by atoms with van der Waals surface area (Å²) in [6, 6.07) is 6.71. The molecule has 1 atom stereocenters. The van der Waals surface area contributed by atoms with E-state index in [2.05, 4.69) is 13.8 Å². The molecule has 0 aliphatic rings. The molecule has 0 aliphatic heterocycles. The van der Waals surface area contributed by atoms with Crippen LogP contribution in [0.5, 0.6) is 11.5 Å². The molecule has 5 heteroatoms. The Labute approximate surface area is 144 Å². The lowest BCUT2D eigenvalue weighted by Gasteiger charge is -2.14. The average Bonchev–Trinajstić information content (AvgIpc) is 2.60. The van der Waals surface area contributed by atoms with E-state index in [4.69, 9.17) is 14.2 Å². The largest absolute Gasteiger partial charge is 0.497 e. The van der Waals surface area contributed by atoms with E-state index in [1.54, 1.807) is 31.4 Å². The van der Waals surface area contributed by atoms with Crippen molar-refractivity contribution in [2.75, 3.05) is 13.7 Å². The first-order chi connectivity index (χ1) is 11.6. The quantitative estimate of drug-likeness (QED) is 0.449. The predicted molar refractivity (Wildman–Crippen MR) is 92.1 cm³/mol. The van der Waals surface area contributed by atoms with E-state index < -0.39 is 5.97 Å². The van der Waals surface area contributed by atoms with Gasteiger partial charge in [-0.25, -0.2) is 0 Å². The van der Waals surface area contributed by atoms with E-state index in [0.29, 0.717) is 24.0 Å². The van der Waals surface area contributed by atoms with Gasteiger partial charge in [-0.2, -0.15) is 0 Å². The molecule has 0 spiro atoms. The van der Waals surface area contributed by atoms with Gasteiger partial charge >= 0.3 is 11.9 Å². The van der Waals surface area contributed by atoms with Crippen LogP contribution in [0.25, 0.3) is 0 Å². The Hall–Kier alpha value is -2.04. The van der Waals surface area contributed by atoms with Gasteiger partial charge in [0.05, 0.1) is 26.6 Å². The van der Waals surface area contributed by atoms with E-state index in [1.165, 1.54) is 0 Å². The average molecular weight is 336 g/mol. The van der Waals surface area contributed by atoms with Gasteiger partial charge in [0.2, 0.25) is 0 Å². The van der Waals surface area contributed by atoms with Gasteiger partial charge in [0.15, 0.2) is 0 Å². The Morgan fingerprint density at radius 2 is 1.62 bits per heavy atom. The summed E-state index contributed by atoms with van der Waals surface area (Å²) in [6.45, 7) is 4.68. The summed E-state index contributed by atoms with van der Waals surface area (Å²) in [5.74, 6) is 0.721. The first-order valence-electron chi connectivity index (χ1n) is 8.59. The molecule has 0 heterocycles. The molecule has 134 valence electrons. The van der Waals surface area contributed by atoms with Crippen molar-refractivity contribution in [2.24, 2.45) is 5.92 Å². The van der Waals surface area contributed by atoms with E-state index >= 15 is 0 Å². The standard InChI is InChI=1S/C19H28O5/c1-4-6-7-15(5-2)14-23-18(20)12-13-19(21)24-17-10-8-16(22-3)9-11-17/h8-11,15H,4-7,12-14H2,1-3H3. The summed E-state index contributed by atoms with van der Waals surface area (Å²) >= 11 is 0. The Kier molecular flexibility index (Phi) is 9.58. The third kappa shape index (κ3) is 7.99. The van der Waals surface area contributed by atoms with Crippen LogP contribution in [0.3, 0.4) is 0 Å². The number of carbonyl (C=O) groups excluding carboxylic acids is 2. The fourth-order valence-electron chi connectivity index (χ4n) is 2.21. The summed E-state index contributed by atoms with van der Waals surface area (Å²) in [4.78, 5) is 23.5. The Balaban J connectivity index is 2.26. The van der Waals surface area contributed by atoms with E-state index in [1.807, 2.05) is 0 Å². The summed E-state index contributed by atoms with van der Waals surface area (Å²) in [6.07, 6.45) is 4.40. The maximum absolute atomic E-state index is 11.7. The molecule has 0 radical (unpaired) electrons. The zero-order chi connectivity index (χ0) is 17.8. The molecule has 0 amide bonds. The van der Waals surface area contributed by atoms with Crippen molar-refractivity contribution in [1.29, 1.82) is 0 Å². The van der Waals surface area contributed by atoms with Crippen LogP contribution in [0.1, 0.15) is 52.4 Å². The van der Waals surface area contributed by atoms with Gasteiger partial charge in [-0.3, -0.25) is 9.59 Å². The molecule has 0 bridgehead atoms. The van der Waals surface area contributed by atoms with Crippen LogP contribution in [0, 0.1) is 5.92 Å². The molecule has 0 N–H and O–H groups in total. The van der Waals surface area contributed by atoms with Crippen LogP contribution in [0.2, 0.25) is 0 Å². The summed E-state index contributed by atoms with van der Waals surface area (Å²) in [5, 5.41) is 0. The number of hydrogen-bond acceptors (Lipinski definition) is 5. The van der Waals surface area contributed by atoms with Crippen LogP contribution in [0.4, 0.5) is 0 Å². The molecule has 1 aromatic rings. The van der Waals surface area contributed by atoms with Crippen molar-refractivity contribution in [3.05, 3.63) is 24.3 Å². The fourth-order valence-corrected chi connectivity index (χ4v) is 2.21. The number of rotatable bonds is 11. The smallest absolute Gasteiger partial charge is 0.311 e. The molecule has 0 saturated carbocycles. The zero-order valence-electron chi connectivity index (χ0n) is 14.9. The monoisotopic (exact) mass is 336 g/mol. The number of esters is 2. The molecule has 1 aromatic carbocycles. The summed E-state index contributed by atoms with van der Waals surface area (Å²) < 4.78 is 15.5. The van der Waals surface area contributed by atoms with Crippen molar-refractivity contribution in [2.45, 2.75) is 52.4 Å². The Morgan fingerprint density at radius 1 is 1.00 bits per heavy atom. The SMILES string of the molecule is CCCCC(CC)COC(=O)CCC(=O)Oc1ccc(OC)cc1. The number of hydrogen-bond donors (Lipinski definition) is 0. The molecular weight excluding hydrogens is 308 g/mol. The number of carbonyl (C=O) groups is 2. The minimum Gasteiger partial charge on any atom is -0.497 e. The Bertz CT molecular complexity index is 495. The van der Waals surface area contributed by atoms with Crippen LogP contribution >= 0.6 is 0 Å². The summed E-state index contributed by atoms with van der Waals surface area (Å²) in [5.41, 5.74) is 0. The van der Waals surface area contributed by atoms with Crippen LogP contribution < -0.4 is 9.47 Å². The van der Waals surface area contributed by atoms with Gasteiger partial charge < -0.3 is 14.2 Å². The maximum Gasteiger partial charge on any atom is 0.311 e. The second-order valence-corrected chi connectivity index (χ2v) is 5.75. The highest BCUT2D eigenvalue weighted by molar-refractivity contribution is 5.79. The lowest BCUT2D eigenvalue weighted by atomic mass is 10.0. The highest BCUT2D eigenvalue weighted by Gasteiger charge is 2.13. The molecule has 0 fully saturated rings. The molecule has 5 nitrogen and oxygen atoms in total. The van der Waals surface area contributed by atoms with Gasteiger partial charge in [0.25, 0.3) is 0 Å². The number of unbranched alkanes of at least 4 members (excludes halogenated alkanes) is 1. The molecule has 1 rings (SSSR count). The summed E-state index contributed by atoms with van der Waals surface area (Å²) in [7, 11) is 1.57. The Morgan fingerprint density at radius 3 is 2.21 bits per heavy atom. The minimum absolute atomic E-state index is 0.0105. The number of benzene rings is 1. The van der Waals surface area contributed by atoms with Crippen molar-refractivity contribution < 1.29 is 23.8 Å². The van der Waals surface area contributed by atoms with Crippen LogP contribution in [-0.4, -0.2) is 25.7 Å². The second kappa shape index (κ2) is 11.5. The van der Waals surface area contributed by atoms with Crippen molar-refractivity contribution >= 4 is 11.9 Å². The van der Waals surface area contributed by atoms with Gasteiger partial charge in [0.1, 0.15) is 11.5 Å². The topological polar surface area (TPSA) is 61.8 Å². The van der Waals surface area contributed by atoms with Crippen LogP contribution in [-0.2, 0) is 14.3 Å². The highest BCUT2D eigenvalue weighted by atomic mass is 16.5. The normalized spacial score (nSPS) is 11.6. The van der Waals surface area contributed by atoms with E-state index in [0.717, 1.165) is 25.7 Å². The fraction of sp³-hybridized carbons (Fsp3) is 0.579. The highest BCUT2D eigenvalue weighted by Crippen LogP contribution is 2.18. The van der Waals surface area contributed by atoms with Gasteiger partial charge in [-0.05, 0) is 36.6 Å². The first kappa shape index (κ1) is 20.0. The maximum atomic E-state index is 11.7. The molecule has 0 saturated heterocycles. The van der Waals surface area contributed by atoms with Gasteiger partial charge in [-0.15, -0.1) is 0 Å². The first-order valence-corrected chi connectivity index (χ1v) is 8.59. The van der Waals surface area contributed by atoms with Crippen molar-refractivity contribution in [1.82, 2.24) is 0 Å². The lowest BCUT2D eigenvalue weighted by molar-refractivity contribution is -0.148. The van der Waals surface area contributed by atoms with E-state index in [-0.39, 0.29) is 18.8 Å². The molecular formula is C19H28O5.